The number of nitrogens with zero attached hydrogens (tertiary/aromatic N) is 4. The maximum absolute atomic E-state index is 12.2. The molecule has 0 atom stereocenters. The van der Waals surface area contributed by atoms with Gasteiger partial charge in [0.2, 0.25) is 5.91 Å². The van der Waals surface area contributed by atoms with Crippen molar-refractivity contribution in [3.63, 3.8) is 0 Å². The van der Waals surface area contributed by atoms with Crippen LogP contribution in [0.3, 0.4) is 0 Å². The Morgan fingerprint density at radius 3 is 2.80 bits per heavy atom. The molecular formula is C19H19N5O. The fourth-order valence-electron chi connectivity index (χ4n) is 2.77. The maximum Gasteiger partial charge on any atom is 0.239 e. The summed E-state index contributed by atoms with van der Waals surface area (Å²) in [5.41, 5.74) is 1.70. The molecule has 6 heteroatoms. The summed E-state index contributed by atoms with van der Waals surface area (Å²) in [4.78, 5) is 27.5. The zero-order valence-corrected chi connectivity index (χ0v) is 14.0. The van der Waals surface area contributed by atoms with Gasteiger partial charge in [0.1, 0.15) is 5.82 Å². The predicted octanol–water partition coefficient (Wildman–Crippen LogP) is 2.41. The number of anilines is 1. The van der Waals surface area contributed by atoms with Gasteiger partial charge < -0.3 is 10.2 Å². The molecule has 1 N–H and O–H groups in total. The number of hydrogen-bond acceptors (Lipinski definition) is 5. The summed E-state index contributed by atoms with van der Waals surface area (Å²) in [5.74, 6) is 1.38. The summed E-state index contributed by atoms with van der Waals surface area (Å²) in [6.07, 6.45) is 5.63. The Balaban J connectivity index is 1.71. The highest BCUT2D eigenvalue weighted by Crippen LogP contribution is 2.26. The second-order valence-electron chi connectivity index (χ2n) is 6.33. The monoisotopic (exact) mass is 333 g/mol. The van der Waals surface area contributed by atoms with Gasteiger partial charge in [-0.15, -0.1) is 0 Å². The third-order valence-corrected chi connectivity index (χ3v) is 4.19. The van der Waals surface area contributed by atoms with Crippen LogP contribution in [0.5, 0.6) is 0 Å². The number of carbonyl (C=O) groups excluding carboxylic acids is 1. The van der Waals surface area contributed by atoms with Gasteiger partial charge in [0.15, 0.2) is 5.82 Å². The van der Waals surface area contributed by atoms with E-state index < -0.39 is 0 Å². The Morgan fingerprint density at radius 2 is 2.04 bits per heavy atom. The van der Waals surface area contributed by atoms with Gasteiger partial charge in [-0.1, -0.05) is 12.1 Å². The van der Waals surface area contributed by atoms with Crippen molar-refractivity contribution in [3.8, 4) is 11.4 Å². The van der Waals surface area contributed by atoms with E-state index in [0.717, 1.165) is 35.1 Å². The minimum Gasteiger partial charge on any atom is -0.352 e. The average molecular weight is 333 g/mol. The van der Waals surface area contributed by atoms with Crippen molar-refractivity contribution >= 4 is 22.6 Å². The van der Waals surface area contributed by atoms with Crippen molar-refractivity contribution < 1.29 is 4.79 Å². The third kappa shape index (κ3) is 3.42. The smallest absolute Gasteiger partial charge is 0.239 e. The molecule has 1 aliphatic rings. The lowest BCUT2D eigenvalue weighted by atomic mass is 10.2. The first-order chi connectivity index (χ1) is 12.2. The normalized spacial score (nSPS) is 13.6. The Kier molecular flexibility index (Phi) is 4.01. The van der Waals surface area contributed by atoms with Crippen molar-refractivity contribution in [3.05, 3.63) is 48.8 Å². The number of amides is 1. The largest absolute Gasteiger partial charge is 0.352 e. The first kappa shape index (κ1) is 15.5. The highest BCUT2D eigenvalue weighted by atomic mass is 16.2. The van der Waals surface area contributed by atoms with Crippen LogP contribution in [0.1, 0.15) is 12.8 Å². The van der Waals surface area contributed by atoms with Crippen LogP contribution in [-0.2, 0) is 4.79 Å². The number of hydrogen-bond donors (Lipinski definition) is 1. The van der Waals surface area contributed by atoms with Gasteiger partial charge in [0.25, 0.3) is 0 Å². The molecular weight excluding hydrogens is 314 g/mol. The van der Waals surface area contributed by atoms with Gasteiger partial charge in [0, 0.05) is 36.4 Å². The van der Waals surface area contributed by atoms with Gasteiger partial charge in [-0.25, -0.2) is 9.97 Å². The average Bonchev–Trinajstić information content (AvgIpc) is 3.45. The number of fused-ring (bicyclic) bond motifs is 1. The van der Waals surface area contributed by atoms with Gasteiger partial charge in [-0.05, 0) is 37.1 Å². The molecule has 0 saturated heterocycles. The molecule has 0 radical (unpaired) electrons. The van der Waals surface area contributed by atoms with Crippen molar-refractivity contribution in [1.82, 2.24) is 20.3 Å². The summed E-state index contributed by atoms with van der Waals surface area (Å²) >= 11 is 0. The SMILES string of the molecule is CN(CC(=O)NC1CC1)c1nc(-c2cccnc2)nc2ccccc12. The fraction of sp³-hybridized carbons (Fsp3) is 0.263. The van der Waals surface area contributed by atoms with E-state index in [0.29, 0.717) is 11.9 Å². The Hall–Kier alpha value is -3.02. The zero-order chi connectivity index (χ0) is 17.2. The second-order valence-corrected chi connectivity index (χ2v) is 6.33. The van der Waals surface area contributed by atoms with E-state index in [9.17, 15) is 4.79 Å². The van der Waals surface area contributed by atoms with Crippen LogP contribution in [-0.4, -0.2) is 40.5 Å². The summed E-state index contributed by atoms with van der Waals surface area (Å²) < 4.78 is 0. The topological polar surface area (TPSA) is 71.0 Å². The van der Waals surface area contributed by atoms with Crippen molar-refractivity contribution in [2.24, 2.45) is 0 Å². The van der Waals surface area contributed by atoms with E-state index in [1.807, 2.05) is 48.3 Å². The van der Waals surface area contributed by atoms with E-state index in [1.165, 1.54) is 0 Å². The van der Waals surface area contributed by atoms with E-state index in [1.54, 1.807) is 12.4 Å². The van der Waals surface area contributed by atoms with Crippen molar-refractivity contribution in [2.75, 3.05) is 18.5 Å². The van der Waals surface area contributed by atoms with Crippen molar-refractivity contribution in [2.45, 2.75) is 18.9 Å². The molecule has 126 valence electrons. The third-order valence-electron chi connectivity index (χ3n) is 4.19. The van der Waals surface area contributed by atoms with Crippen LogP contribution in [0.25, 0.3) is 22.3 Å². The lowest BCUT2D eigenvalue weighted by Gasteiger charge is -2.20. The molecule has 1 aliphatic carbocycles. The molecule has 1 fully saturated rings. The van der Waals surface area contributed by atoms with Crippen LogP contribution >= 0.6 is 0 Å². The number of likely N-dealkylation sites (N-methyl/N-ethyl adjacent to an activating group) is 1. The Labute approximate surface area is 145 Å². The summed E-state index contributed by atoms with van der Waals surface area (Å²) in [6.45, 7) is 0.268. The fourth-order valence-corrected chi connectivity index (χ4v) is 2.77. The standard InChI is InChI=1S/C19H19N5O/c1-24(12-17(25)21-14-8-9-14)19-15-6-2-3-7-16(15)22-18(23-19)13-5-4-10-20-11-13/h2-7,10-11,14H,8-9,12H2,1H3,(H,21,25). The lowest BCUT2D eigenvalue weighted by molar-refractivity contribution is -0.119. The van der Waals surface area contributed by atoms with E-state index in [4.69, 9.17) is 4.98 Å². The van der Waals surface area contributed by atoms with Gasteiger partial charge >= 0.3 is 0 Å². The summed E-state index contributed by atoms with van der Waals surface area (Å²) in [7, 11) is 1.88. The molecule has 0 spiro atoms. The molecule has 4 rings (SSSR count). The summed E-state index contributed by atoms with van der Waals surface area (Å²) in [5, 5.41) is 3.94. The predicted molar refractivity (Wildman–Crippen MR) is 97.2 cm³/mol. The van der Waals surface area contributed by atoms with Gasteiger partial charge in [-0.2, -0.15) is 0 Å². The highest BCUT2D eigenvalue weighted by Gasteiger charge is 2.24. The summed E-state index contributed by atoms with van der Waals surface area (Å²) in [6, 6.07) is 12.0. The minimum absolute atomic E-state index is 0.0237. The number of aromatic nitrogens is 3. The molecule has 25 heavy (non-hydrogen) atoms. The van der Waals surface area contributed by atoms with Crippen LogP contribution in [0, 0.1) is 0 Å². The molecule has 1 saturated carbocycles. The maximum atomic E-state index is 12.2. The molecule has 6 nitrogen and oxygen atoms in total. The van der Waals surface area contributed by atoms with Gasteiger partial charge in [-0.3, -0.25) is 9.78 Å². The molecule has 0 aliphatic heterocycles. The zero-order valence-electron chi connectivity index (χ0n) is 14.0. The second kappa shape index (κ2) is 6.47. The number of para-hydroxylation sites is 1. The van der Waals surface area contributed by atoms with E-state index >= 15 is 0 Å². The molecule has 3 aromatic rings. The Bertz CT molecular complexity index is 908. The quantitative estimate of drug-likeness (QED) is 0.776. The molecule has 2 aromatic heterocycles. The molecule has 1 aromatic carbocycles. The van der Waals surface area contributed by atoms with Crippen molar-refractivity contribution in [1.29, 1.82) is 0 Å². The van der Waals surface area contributed by atoms with E-state index in [2.05, 4.69) is 15.3 Å². The molecule has 0 unspecified atom stereocenters. The van der Waals surface area contributed by atoms with Crippen LogP contribution in [0.15, 0.2) is 48.8 Å². The van der Waals surface area contributed by atoms with Crippen LogP contribution < -0.4 is 10.2 Å². The minimum atomic E-state index is 0.0237. The number of benzene rings is 1. The van der Waals surface area contributed by atoms with Gasteiger partial charge in [0.05, 0.1) is 12.1 Å². The van der Waals surface area contributed by atoms with E-state index in [-0.39, 0.29) is 12.5 Å². The first-order valence-electron chi connectivity index (χ1n) is 8.38. The molecule has 1 amide bonds. The first-order valence-corrected chi connectivity index (χ1v) is 8.38. The number of rotatable bonds is 5. The Morgan fingerprint density at radius 1 is 1.20 bits per heavy atom. The lowest BCUT2D eigenvalue weighted by Crippen LogP contribution is -2.36. The number of pyridine rings is 1. The van der Waals surface area contributed by atoms with Crippen LogP contribution in [0.4, 0.5) is 5.82 Å². The number of carbonyl (C=O) groups is 1. The molecule has 2 heterocycles. The van der Waals surface area contributed by atoms with Crippen LogP contribution in [0.2, 0.25) is 0 Å². The molecule has 0 bridgehead atoms. The number of nitrogens with one attached hydrogen (secondary N) is 1. The highest BCUT2D eigenvalue weighted by molar-refractivity contribution is 5.92.